The topological polar surface area (TPSA) is 55.1 Å². The third-order valence-corrected chi connectivity index (χ3v) is 1.51. The Labute approximate surface area is 64.3 Å². The lowest BCUT2D eigenvalue weighted by molar-refractivity contribution is -0.117. The third-order valence-electron chi connectivity index (χ3n) is 1.29. The van der Waals surface area contributed by atoms with Crippen molar-refractivity contribution in [2.24, 2.45) is 5.73 Å². The summed E-state index contributed by atoms with van der Waals surface area (Å²) in [7, 11) is 0. The molecule has 0 fully saturated rings. The van der Waals surface area contributed by atoms with E-state index in [1.54, 1.807) is 6.08 Å². The summed E-state index contributed by atoms with van der Waals surface area (Å²) in [4.78, 5) is 11.1. The minimum atomic E-state index is -0.154. The summed E-state index contributed by atoms with van der Waals surface area (Å²) in [6.45, 7) is 0.685. The van der Waals surface area contributed by atoms with Gasteiger partial charge in [0.25, 0.3) is 5.91 Å². The first-order chi connectivity index (χ1) is 4.72. The zero-order valence-corrected chi connectivity index (χ0v) is 6.20. The number of rotatable bonds is 1. The maximum atomic E-state index is 10.9. The van der Waals surface area contributed by atoms with Crippen LogP contribution in [0.2, 0.25) is 0 Å². The maximum Gasteiger partial charge on any atom is 0.253 e. The zero-order valence-electron chi connectivity index (χ0n) is 5.39. The first-order valence-corrected chi connectivity index (χ1v) is 3.41. The van der Waals surface area contributed by atoms with E-state index >= 15 is 0 Å². The minimum Gasteiger partial charge on any atom is -0.389 e. The fourth-order valence-corrected chi connectivity index (χ4v) is 0.979. The second-order valence-corrected chi connectivity index (χ2v) is 2.47. The average Bonchev–Trinajstić information content (AvgIpc) is 1.88. The summed E-state index contributed by atoms with van der Waals surface area (Å²) in [5.41, 5.74) is 5.71. The lowest BCUT2D eigenvalue weighted by Crippen LogP contribution is -2.34. The molecule has 0 atom stereocenters. The summed E-state index contributed by atoms with van der Waals surface area (Å²) < 4.78 is 0. The number of hydrogen-bond donors (Lipinski definition) is 2. The molecular weight excluding hydrogens is 148 g/mol. The van der Waals surface area contributed by atoms with Crippen molar-refractivity contribution in [1.29, 1.82) is 0 Å². The summed E-state index contributed by atoms with van der Waals surface area (Å²) in [6, 6.07) is 0. The van der Waals surface area contributed by atoms with E-state index in [2.05, 4.69) is 17.5 Å². The number of amides is 1. The number of carbonyl (C=O) groups is 1. The summed E-state index contributed by atoms with van der Waals surface area (Å²) in [5, 5.41) is 2.64. The van der Waals surface area contributed by atoms with Crippen LogP contribution in [-0.4, -0.2) is 17.4 Å². The van der Waals surface area contributed by atoms with Gasteiger partial charge in [-0.25, -0.2) is 0 Å². The number of thiocarbonyl (C=S) groups is 1. The van der Waals surface area contributed by atoms with Gasteiger partial charge in [0, 0.05) is 6.54 Å². The van der Waals surface area contributed by atoms with Gasteiger partial charge in [0.2, 0.25) is 0 Å². The minimum absolute atomic E-state index is 0.154. The van der Waals surface area contributed by atoms with Gasteiger partial charge in [-0.3, -0.25) is 4.79 Å². The molecule has 1 rings (SSSR count). The van der Waals surface area contributed by atoms with Gasteiger partial charge in [-0.15, -0.1) is 0 Å². The molecule has 0 aliphatic carbocycles. The normalized spacial score (nSPS) is 17.6. The first-order valence-electron chi connectivity index (χ1n) is 3.00. The van der Waals surface area contributed by atoms with Crippen LogP contribution in [0.5, 0.6) is 0 Å². The number of nitrogens with two attached hydrogens (primary N) is 1. The van der Waals surface area contributed by atoms with Gasteiger partial charge in [0.15, 0.2) is 0 Å². The van der Waals surface area contributed by atoms with Crippen LogP contribution >= 0.6 is 12.2 Å². The van der Waals surface area contributed by atoms with Crippen molar-refractivity contribution in [3.8, 4) is 0 Å². The Balaban J connectivity index is 2.81. The molecule has 0 bridgehead atoms. The largest absolute Gasteiger partial charge is 0.389 e. The van der Waals surface area contributed by atoms with Gasteiger partial charge in [-0.05, 0) is 6.42 Å². The van der Waals surface area contributed by atoms with E-state index in [-0.39, 0.29) is 10.9 Å². The van der Waals surface area contributed by atoms with Crippen molar-refractivity contribution < 1.29 is 4.79 Å². The van der Waals surface area contributed by atoms with E-state index in [0.717, 1.165) is 6.42 Å². The second kappa shape index (κ2) is 2.79. The highest BCUT2D eigenvalue weighted by Gasteiger charge is 2.13. The van der Waals surface area contributed by atoms with Crippen molar-refractivity contribution in [1.82, 2.24) is 5.32 Å². The molecular formula is C6H8N2OS. The van der Waals surface area contributed by atoms with E-state index in [9.17, 15) is 4.79 Å². The van der Waals surface area contributed by atoms with Crippen LogP contribution in [0.25, 0.3) is 0 Å². The standard InChI is InChI=1S/C6H8N2OS/c7-5(10)4-2-1-3-8-6(4)9/h2H,1,3H2,(H2,7,10)(H,8,9). The molecule has 3 N–H and O–H groups in total. The van der Waals surface area contributed by atoms with Crippen LogP contribution in [0.15, 0.2) is 11.6 Å². The predicted molar refractivity (Wildman–Crippen MR) is 42.5 cm³/mol. The Morgan fingerprint density at radius 2 is 2.50 bits per heavy atom. The van der Waals surface area contributed by atoms with E-state index in [4.69, 9.17) is 5.73 Å². The van der Waals surface area contributed by atoms with Crippen LogP contribution in [0.3, 0.4) is 0 Å². The van der Waals surface area contributed by atoms with Gasteiger partial charge in [0.05, 0.1) is 5.57 Å². The zero-order chi connectivity index (χ0) is 7.56. The fraction of sp³-hybridized carbons (Fsp3) is 0.333. The van der Waals surface area contributed by atoms with Gasteiger partial charge < -0.3 is 11.1 Å². The monoisotopic (exact) mass is 156 g/mol. The quantitative estimate of drug-likeness (QED) is 0.513. The summed E-state index contributed by atoms with van der Waals surface area (Å²) >= 11 is 4.64. The molecule has 0 radical (unpaired) electrons. The third kappa shape index (κ3) is 1.33. The molecule has 1 heterocycles. The molecule has 0 saturated heterocycles. The van der Waals surface area contributed by atoms with E-state index in [1.807, 2.05) is 0 Å². The van der Waals surface area contributed by atoms with Crippen LogP contribution in [-0.2, 0) is 4.79 Å². The molecule has 0 unspecified atom stereocenters. The van der Waals surface area contributed by atoms with Crippen molar-refractivity contribution >= 4 is 23.1 Å². The molecule has 0 aromatic carbocycles. The molecule has 54 valence electrons. The molecule has 1 amide bonds. The Kier molecular flexibility index (Phi) is 2.01. The first kappa shape index (κ1) is 7.21. The Bertz CT molecular complexity index is 210. The highest BCUT2D eigenvalue weighted by molar-refractivity contribution is 7.80. The highest BCUT2D eigenvalue weighted by atomic mass is 32.1. The molecule has 1 aliphatic rings. The van der Waals surface area contributed by atoms with Crippen LogP contribution in [0.4, 0.5) is 0 Å². The Morgan fingerprint density at radius 1 is 1.80 bits per heavy atom. The highest BCUT2D eigenvalue weighted by Crippen LogP contribution is 2.01. The van der Waals surface area contributed by atoms with E-state index in [0.29, 0.717) is 12.1 Å². The SMILES string of the molecule is NC(=S)C1=CCCNC1=O. The lowest BCUT2D eigenvalue weighted by atomic mass is 10.1. The van der Waals surface area contributed by atoms with Crippen molar-refractivity contribution in [3.05, 3.63) is 11.6 Å². The second-order valence-electron chi connectivity index (χ2n) is 2.03. The molecule has 0 aromatic rings. The van der Waals surface area contributed by atoms with Crippen LogP contribution < -0.4 is 11.1 Å². The maximum absolute atomic E-state index is 10.9. The van der Waals surface area contributed by atoms with Crippen molar-refractivity contribution in [3.63, 3.8) is 0 Å². The van der Waals surface area contributed by atoms with Crippen LogP contribution in [0.1, 0.15) is 6.42 Å². The smallest absolute Gasteiger partial charge is 0.253 e. The van der Waals surface area contributed by atoms with E-state index < -0.39 is 0 Å². The Hall–Kier alpha value is -0.900. The lowest BCUT2D eigenvalue weighted by Gasteiger charge is -2.11. The number of hydrogen-bond acceptors (Lipinski definition) is 2. The Morgan fingerprint density at radius 3 is 2.90 bits per heavy atom. The van der Waals surface area contributed by atoms with Gasteiger partial charge in [0.1, 0.15) is 4.99 Å². The van der Waals surface area contributed by atoms with Crippen molar-refractivity contribution in [2.75, 3.05) is 6.54 Å². The van der Waals surface area contributed by atoms with Gasteiger partial charge in [-0.2, -0.15) is 0 Å². The molecule has 0 spiro atoms. The fourth-order valence-electron chi connectivity index (χ4n) is 0.803. The predicted octanol–water partition coefficient (Wildman–Crippen LogP) is -0.281. The molecule has 10 heavy (non-hydrogen) atoms. The molecule has 0 aromatic heterocycles. The van der Waals surface area contributed by atoms with Crippen LogP contribution in [0, 0.1) is 0 Å². The average molecular weight is 156 g/mol. The van der Waals surface area contributed by atoms with Gasteiger partial charge >= 0.3 is 0 Å². The molecule has 1 aliphatic heterocycles. The number of nitrogens with one attached hydrogen (secondary N) is 1. The van der Waals surface area contributed by atoms with E-state index in [1.165, 1.54) is 0 Å². The molecule has 4 heteroatoms. The van der Waals surface area contributed by atoms with Gasteiger partial charge in [-0.1, -0.05) is 18.3 Å². The molecule has 3 nitrogen and oxygen atoms in total. The summed E-state index contributed by atoms with van der Waals surface area (Å²) in [5.74, 6) is -0.154. The molecule has 0 saturated carbocycles. The summed E-state index contributed by atoms with van der Waals surface area (Å²) in [6.07, 6.45) is 2.58. The van der Waals surface area contributed by atoms with Crippen molar-refractivity contribution in [2.45, 2.75) is 6.42 Å². The number of carbonyl (C=O) groups excluding carboxylic acids is 1.